The number of carbonyl (C=O) groups is 1. The molecule has 2 aromatic rings. The first-order valence-electron chi connectivity index (χ1n) is 6.00. The minimum absolute atomic E-state index is 0.0804. The van der Waals surface area contributed by atoms with E-state index in [2.05, 4.69) is 5.32 Å². The molecule has 0 atom stereocenters. The lowest BCUT2D eigenvalue weighted by Crippen LogP contribution is -2.13. The lowest BCUT2D eigenvalue weighted by atomic mass is 10.3. The van der Waals surface area contributed by atoms with Gasteiger partial charge in [0.1, 0.15) is 5.75 Å². The zero-order valence-corrected chi connectivity index (χ0v) is 12.5. The number of anilines is 1. The molecule has 0 radical (unpaired) electrons. The minimum atomic E-state index is -0.0804. The highest BCUT2D eigenvalue weighted by atomic mass is 35.5. The van der Waals surface area contributed by atoms with Gasteiger partial charge in [0.2, 0.25) is 5.91 Å². The predicted molar refractivity (Wildman–Crippen MR) is 83.8 cm³/mol. The molecule has 1 amide bonds. The van der Waals surface area contributed by atoms with E-state index in [0.29, 0.717) is 22.2 Å². The first-order valence-corrected chi connectivity index (χ1v) is 7.36. The molecule has 0 aliphatic carbocycles. The van der Waals surface area contributed by atoms with E-state index in [1.807, 2.05) is 42.5 Å². The smallest absolute Gasteiger partial charge is 0.234 e. The summed E-state index contributed by atoms with van der Waals surface area (Å²) >= 11 is 7.45. The molecule has 3 nitrogen and oxygen atoms in total. The Labute approximate surface area is 127 Å². The van der Waals surface area contributed by atoms with Gasteiger partial charge in [-0.15, -0.1) is 11.8 Å². The molecule has 0 fully saturated rings. The lowest BCUT2D eigenvalue weighted by molar-refractivity contribution is -0.113. The molecule has 0 aromatic heterocycles. The van der Waals surface area contributed by atoms with Crippen LogP contribution in [0.4, 0.5) is 5.69 Å². The topological polar surface area (TPSA) is 38.3 Å². The average molecular weight is 308 g/mol. The quantitative estimate of drug-likeness (QED) is 0.846. The number of hydrogen-bond acceptors (Lipinski definition) is 3. The van der Waals surface area contributed by atoms with Crippen molar-refractivity contribution in [1.82, 2.24) is 0 Å². The average Bonchev–Trinajstić information content (AvgIpc) is 2.46. The first kappa shape index (κ1) is 14.8. The third-order valence-corrected chi connectivity index (χ3v) is 4.06. The van der Waals surface area contributed by atoms with E-state index < -0.39 is 0 Å². The number of hydrogen-bond donors (Lipinski definition) is 1. The van der Waals surface area contributed by atoms with Crippen molar-refractivity contribution in [3.05, 3.63) is 53.6 Å². The van der Waals surface area contributed by atoms with Gasteiger partial charge in [0.05, 0.1) is 17.9 Å². The lowest BCUT2D eigenvalue weighted by Gasteiger charge is -2.07. The van der Waals surface area contributed by atoms with Gasteiger partial charge in [-0.1, -0.05) is 29.8 Å². The van der Waals surface area contributed by atoms with E-state index in [9.17, 15) is 4.79 Å². The Bertz CT molecular complexity index is 604. The van der Waals surface area contributed by atoms with E-state index in [-0.39, 0.29) is 5.91 Å². The van der Waals surface area contributed by atoms with Crippen molar-refractivity contribution < 1.29 is 9.53 Å². The standard InChI is InChI=1S/C15H14ClNO2S/c1-19-12-6-4-5-11(9-12)17-15(18)10-20-14-8-3-2-7-13(14)16/h2-9H,10H2,1H3,(H,17,18). The fraction of sp³-hybridized carbons (Fsp3) is 0.133. The van der Waals surface area contributed by atoms with Crippen molar-refractivity contribution in [2.24, 2.45) is 0 Å². The zero-order valence-electron chi connectivity index (χ0n) is 10.9. The molecule has 1 N–H and O–H groups in total. The number of nitrogens with one attached hydrogen (secondary N) is 1. The predicted octanol–water partition coefficient (Wildman–Crippen LogP) is 4.08. The van der Waals surface area contributed by atoms with E-state index in [0.717, 1.165) is 4.90 Å². The zero-order chi connectivity index (χ0) is 14.4. The summed E-state index contributed by atoms with van der Waals surface area (Å²) in [4.78, 5) is 12.8. The maximum absolute atomic E-state index is 11.9. The number of methoxy groups -OCH3 is 1. The van der Waals surface area contributed by atoms with Gasteiger partial charge >= 0.3 is 0 Å². The largest absolute Gasteiger partial charge is 0.497 e. The van der Waals surface area contributed by atoms with Crippen LogP contribution in [0.1, 0.15) is 0 Å². The fourth-order valence-electron chi connectivity index (χ4n) is 1.60. The van der Waals surface area contributed by atoms with Crippen molar-refractivity contribution in [3.8, 4) is 5.75 Å². The Morgan fingerprint density at radius 1 is 1.25 bits per heavy atom. The highest BCUT2D eigenvalue weighted by molar-refractivity contribution is 8.00. The second kappa shape index (κ2) is 7.22. The van der Waals surface area contributed by atoms with E-state index in [1.165, 1.54) is 11.8 Å². The highest BCUT2D eigenvalue weighted by Gasteiger charge is 2.06. The molecule has 20 heavy (non-hydrogen) atoms. The number of halogens is 1. The normalized spacial score (nSPS) is 10.1. The number of benzene rings is 2. The Hall–Kier alpha value is -1.65. The molecule has 0 aliphatic heterocycles. The van der Waals surface area contributed by atoms with Crippen molar-refractivity contribution in [2.45, 2.75) is 4.90 Å². The van der Waals surface area contributed by atoms with Crippen LogP contribution in [0, 0.1) is 0 Å². The minimum Gasteiger partial charge on any atom is -0.497 e. The van der Waals surface area contributed by atoms with Crippen LogP contribution in [-0.4, -0.2) is 18.8 Å². The van der Waals surface area contributed by atoms with Gasteiger partial charge in [-0.3, -0.25) is 4.79 Å². The van der Waals surface area contributed by atoms with Crippen LogP contribution in [0.3, 0.4) is 0 Å². The summed E-state index contributed by atoms with van der Waals surface area (Å²) < 4.78 is 5.11. The van der Waals surface area contributed by atoms with Gasteiger partial charge in [0.15, 0.2) is 0 Å². The molecule has 0 unspecified atom stereocenters. The van der Waals surface area contributed by atoms with E-state index >= 15 is 0 Å². The van der Waals surface area contributed by atoms with Crippen LogP contribution in [-0.2, 0) is 4.79 Å². The molecule has 104 valence electrons. The van der Waals surface area contributed by atoms with Gasteiger partial charge in [-0.2, -0.15) is 0 Å². The summed E-state index contributed by atoms with van der Waals surface area (Å²) in [6.07, 6.45) is 0. The van der Waals surface area contributed by atoms with Crippen molar-refractivity contribution in [3.63, 3.8) is 0 Å². The molecule has 0 aliphatic rings. The van der Waals surface area contributed by atoms with Crippen LogP contribution >= 0.6 is 23.4 Å². The SMILES string of the molecule is COc1cccc(NC(=O)CSc2ccccc2Cl)c1. The van der Waals surface area contributed by atoms with Gasteiger partial charge in [-0.05, 0) is 24.3 Å². The molecule has 2 aromatic carbocycles. The van der Waals surface area contributed by atoms with Crippen LogP contribution in [0.5, 0.6) is 5.75 Å². The summed E-state index contributed by atoms with van der Waals surface area (Å²) in [7, 11) is 1.59. The summed E-state index contributed by atoms with van der Waals surface area (Å²) in [5.74, 6) is 0.936. The van der Waals surface area contributed by atoms with Gasteiger partial charge < -0.3 is 10.1 Å². The Kier molecular flexibility index (Phi) is 5.32. The number of thioether (sulfide) groups is 1. The molecule has 0 saturated carbocycles. The third-order valence-electron chi connectivity index (χ3n) is 2.55. The Balaban J connectivity index is 1.91. The fourth-order valence-corrected chi connectivity index (χ4v) is 2.64. The molecule has 0 spiro atoms. The van der Waals surface area contributed by atoms with Crippen LogP contribution < -0.4 is 10.1 Å². The Morgan fingerprint density at radius 2 is 2.05 bits per heavy atom. The van der Waals surface area contributed by atoms with Gasteiger partial charge in [-0.25, -0.2) is 0 Å². The first-order chi connectivity index (χ1) is 9.69. The summed E-state index contributed by atoms with van der Waals surface area (Å²) in [6, 6.07) is 14.7. The molecule has 0 bridgehead atoms. The van der Waals surface area contributed by atoms with Crippen LogP contribution in [0.15, 0.2) is 53.4 Å². The Morgan fingerprint density at radius 3 is 2.80 bits per heavy atom. The second-order valence-electron chi connectivity index (χ2n) is 4.00. The monoisotopic (exact) mass is 307 g/mol. The summed E-state index contributed by atoms with van der Waals surface area (Å²) in [6.45, 7) is 0. The van der Waals surface area contributed by atoms with Crippen LogP contribution in [0.2, 0.25) is 5.02 Å². The molecule has 0 heterocycles. The van der Waals surface area contributed by atoms with Gasteiger partial charge in [0.25, 0.3) is 0 Å². The van der Waals surface area contributed by atoms with Gasteiger partial charge in [0, 0.05) is 16.6 Å². The third kappa shape index (κ3) is 4.18. The van der Waals surface area contributed by atoms with E-state index in [4.69, 9.17) is 16.3 Å². The second-order valence-corrected chi connectivity index (χ2v) is 5.42. The van der Waals surface area contributed by atoms with E-state index in [1.54, 1.807) is 13.2 Å². The maximum atomic E-state index is 11.9. The summed E-state index contributed by atoms with van der Waals surface area (Å²) in [5.41, 5.74) is 0.717. The van der Waals surface area contributed by atoms with Crippen LogP contribution in [0.25, 0.3) is 0 Å². The van der Waals surface area contributed by atoms with Crippen molar-refractivity contribution >= 4 is 35.0 Å². The summed E-state index contributed by atoms with van der Waals surface area (Å²) in [5, 5.41) is 3.48. The molecular formula is C15H14ClNO2S. The van der Waals surface area contributed by atoms with Crippen molar-refractivity contribution in [1.29, 1.82) is 0 Å². The van der Waals surface area contributed by atoms with Crippen molar-refractivity contribution in [2.75, 3.05) is 18.2 Å². The number of carbonyl (C=O) groups excluding carboxylic acids is 1. The maximum Gasteiger partial charge on any atom is 0.234 e. The number of rotatable bonds is 5. The highest BCUT2D eigenvalue weighted by Crippen LogP contribution is 2.26. The number of amides is 1. The molecule has 0 saturated heterocycles. The molecule has 2 rings (SSSR count). The molecule has 5 heteroatoms. The molecular weight excluding hydrogens is 294 g/mol. The number of ether oxygens (including phenoxy) is 1.